The summed E-state index contributed by atoms with van der Waals surface area (Å²) in [4.78, 5) is 15.8. The largest absolute Gasteiger partial charge is 0.494 e. The van der Waals surface area contributed by atoms with Crippen molar-refractivity contribution >= 4 is 27.5 Å². The van der Waals surface area contributed by atoms with Crippen molar-refractivity contribution in [2.24, 2.45) is 0 Å². The summed E-state index contributed by atoms with van der Waals surface area (Å²) in [6.45, 7) is 0. The molecule has 2 rings (SSSR count). The molecule has 0 unspecified atom stereocenters. The molecule has 0 aliphatic rings. The van der Waals surface area contributed by atoms with Gasteiger partial charge < -0.3 is 10.1 Å². The molecule has 0 aliphatic heterocycles. The third kappa shape index (κ3) is 3.29. The van der Waals surface area contributed by atoms with Crippen LogP contribution < -0.4 is 10.1 Å². The highest BCUT2D eigenvalue weighted by molar-refractivity contribution is 9.10. The Hall–Kier alpha value is -1.95. The van der Waals surface area contributed by atoms with E-state index in [1.54, 1.807) is 18.2 Å². The molecule has 0 atom stereocenters. The van der Waals surface area contributed by atoms with Crippen LogP contribution in [-0.4, -0.2) is 18.0 Å². The number of nitrogens with one attached hydrogen (secondary N) is 1. The Balaban J connectivity index is 2.14. The Morgan fingerprint density at radius 2 is 2.16 bits per heavy atom. The predicted octanol–water partition coefficient (Wildman–Crippen LogP) is 3.24. The van der Waals surface area contributed by atoms with Crippen LogP contribution in [0.1, 0.15) is 10.4 Å². The molecule has 1 heterocycles. The number of methoxy groups -OCH3 is 1. The second-order valence-corrected chi connectivity index (χ2v) is 4.49. The van der Waals surface area contributed by atoms with Crippen molar-refractivity contribution in [2.75, 3.05) is 12.4 Å². The first-order valence-electron chi connectivity index (χ1n) is 5.36. The summed E-state index contributed by atoms with van der Waals surface area (Å²) in [5.74, 6) is -0.762. The van der Waals surface area contributed by atoms with E-state index in [0.717, 1.165) is 0 Å². The topological polar surface area (TPSA) is 51.2 Å². The molecular weight excluding hydrogens is 315 g/mol. The van der Waals surface area contributed by atoms with Gasteiger partial charge >= 0.3 is 0 Å². The van der Waals surface area contributed by atoms with E-state index in [1.807, 2.05) is 0 Å². The van der Waals surface area contributed by atoms with E-state index in [9.17, 15) is 9.18 Å². The van der Waals surface area contributed by atoms with E-state index in [4.69, 9.17) is 4.74 Å². The van der Waals surface area contributed by atoms with Gasteiger partial charge in [-0.1, -0.05) is 0 Å². The molecule has 1 N–H and O–H groups in total. The maximum Gasteiger partial charge on any atom is 0.257 e. The van der Waals surface area contributed by atoms with Crippen LogP contribution in [0.3, 0.4) is 0 Å². The van der Waals surface area contributed by atoms with Gasteiger partial charge in [0.2, 0.25) is 0 Å². The number of ether oxygens (including phenoxy) is 1. The monoisotopic (exact) mass is 324 g/mol. The number of anilines is 1. The normalized spacial score (nSPS) is 10.1. The van der Waals surface area contributed by atoms with Gasteiger partial charge in [0.1, 0.15) is 4.60 Å². The molecule has 1 aromatic heterocycles. The van der Waals surface area contributed by atoms with Crippen LogP contribution in [0.4, 0.5) is 10.1 Å². The molecule has 2 aromatic rings. The minimum atomic E-state index is -0.533. The van der Waals surface area contributed by atoms with E-state index in [1.165, 1.54) is 25.4 Å². The van der Waals surface area contributed by atoms with Crippen LogP contribution in [0.15, 0.2) is 41.1 Å². The van der Waals surface area contributed by atoms with Gasteiger partial charge in [0.05, 0.1) is 12.7 Å². The predicted molar refractivity (Wildman–Crippen MR) is 72.8 cm³/mol. The zero-order valence-electron chi connectivity index (χ0n) is 9.98. The van der Waals surface area contributed by atoms with E-state index in [-0.39, 0.29) is 11.7 Å². The van der Waals surface area contributed by atoms with Crippen LogP contribution in [0.2, 0.25) is 0 Å². The summed E-state index contributed by atoms with van der Waals surface area (Å²) in [5.41, 5.74) is 0.741. The molecule has 1 aromatic carbocycles. The average molecular weight is 325 g/mol. The van der Waals surface area contributed by atoms with Crippen LogP contribution >= 0.6 is 15.9 Å². The lowest BCUT2D eigenvalue weighted by Crippen LogP contribution is -2.12. The number of hydrogen-bond acceptors (Lipinski definition) is 3. The molecule has 0 saturated carbocycles. The lowest BCUT2D eigenvalue weighted by molar-refractivity contribution is 0.102. The Kier molecular flexibility index (Phi) is 4.11. The Morgan fingerprint density at radius 1 is 1.37 bits per heavy atom. The van der Waals surface area contributed by atoms with E-state index in [2.05, 4.69) is 26.2 Å². The molecule has 0 saturated heterocycles. The lowest BCUT2D eigenvalue weighted by atomic mass is 10.2. The molecule has 98 valence electrons. The molecule has 0 spiro atoms. The summed E-state index contributed by atoms with van der Waals surface area (Å²) in [5, 5.41) is 2.58. The van der Waals surface area contributed by atoms with Crippen LogP contribution in [0, 0.1) is 5.82 Å². The zero-order valence-corrected chi connectivity index (χ0v) is 11.6. The number of hydrogen-bond donors (Lipinski definition) is 1. The lowest BCUT2D eigenvalue weighted by Gasteiger charge is -2.07. The van der Waals surface area contributed by atoms with Crippen LogP contribution in [-0.2, 0) is 0 Å². The third-order valence-electron chi connectivity index (χ3n) is 2.40. The van der Waals surface area contributed by atoms with Gasteiger partial charge in [-0.25, -0.2) is 9.37 Å². The van der Waals surface area contributed by atoms with Crippen molar-refractivity contribution in [3.63, 3.8) is 0 Å². The van der Waals surface area contributed by atoms with Crippen LogP contribution in [0.25, 0.3) is 0 Å². The van der Waals surface area contributed by atoms with Crippen molar-refractivity contribution in [1.82, 2.24) is 4.98 Å². The second kappa shape index (κ2) is 5.79. The van der Waals surface area contributed by atoms with Crippen molar-refractivity contribution < 1.29 is 13.9 Å². The van der Waals surface area contributed by atoms with Gasteiger partial charge in [-0.15, -0.1) is 0 Å². The zero-order chi connectivity index (χ0) is 13.8. The van der Waals surface area contributed by atoms with Gasteiger partial charge in [0.25, 0.3) is 5.91 Å². The second-order valence-electron chi connectivity index (χ2n) is 3.67. The average Bonchev–Trinajstić information content (AvgIpc) is 2.39. The highest BCUT2D eigenvalue weighted by Crippen LogP contribution is 2.21. The fourth-order valence-corrected chi connectivity index (χ4v) is 1.69. The van der Waals surface area contributed by atoms with Crippen molar-refractivity contribution in [2.45, 2.75) is 0 Å². The van der Waals surface area contributed by atoms with Crippen molar-refractivity contribution in [3.8, 4) is 5.75 Å². The Labute approximate surface area is 117 Å². The molecule has 1 amide bonds. The minimum Gasteiger partial charge on any atom is -0.494 e. The van der Waals surface area contributed by atoms with Crippen molar-refractivity contribution in [3.05, 3.63) is 52.5 Å². The van der Waals surface area contributed by atoms with Gasteiger partial charge in [-0.05, 0) is 40.2 Å². The first-order valence-corrected chi connectivity index (χ1v) is 6.16. The molecule has 0 radical (unpaired) electrons. The summed E-state index contributed by atoms with van der Waals surface area (Å²) >= 11 is 3.18. The highest BCUT2D eigenvalue weighted by atomic mass is 79.9. The van der Waals surface area contributed by atoms with E-state index < -0.39 is 5.82 Å². The summed E-state index contributed by atoms with van der Waals surface area (Å²) < 4.78 is 18.9. The van der Waals surface area contributed by atoms with Gasteiger partial charge in [-0.2, -0.15) is 0 Å². The molecule has 0 bridgehead atoms. The summed E-state index contributed by atoms with van der Waals surface area (Å²) in [7, 11) is 1.38. The number of carbonyl (C=O) groups is 1. The highest BCUT2D eigenvalue weighted by Gasteiger charge is 2.09. The SMILES string of the molecule is COc1ccc(NC(=O)c2ccc(Br)nc2)cc1F. The fourth-order valence-electron chi connectivity index (χ4n) is 1.46. The maximum absolute atomic E-state index is 13.5. The van der Waals surface area contributed by atoms with Gasteiger partial charge in [0, 0.05) is 18.0 Å². The van der Waals surface area contributed by atoms with Crippen molar-refractivity contribution in [1.29, 1.82) is 0 Å². The Morgan fingerprint density at radius 3 is 2.74 bits per heavy atom. The van der Waals surface area contributed by atoms with E-state index in [0.29, 0.717) is 15.9 Å². The molecule has 4 nitrogen and oxygen atoms in total. The Bertz CT molecular complexity index is 602. The molecule has 0 fully saturated rings. The number of rotatable bonds is 3. The number of benzene rings is 1. The minimum absolute atomic E-state index is 0.128. The van der Waals surface area contributed by atoms with E-state index >= 15 is 0 Å². The molecule has 19 heavy (non-hydrogen) atoms. The first-order chi connectivity index (χ1) is 9.10. The van der Waals surface area contributed by atoms with Gasteiger partial charge in [-0.3, -0.25) is 4.79 Å². The number of amides is 1. The summed E-state index contributed by atoms with van der Waals surface area (Å²) in [6.07, 6.45) is 1.43. The smallest absolute Gasteiger partial charge is 0.257 e. The van der Waals surface area contributed by atoms with Crippen LogP contribution in [0.5, 0.6) is 5.75 Å². The molecule has 0 aliphatic carbocycles. The molecule has 6 heteroatoms. The van der Waals surface area contributed by atoms with Gasteiger partial charge in [0.15, 0.2) is 11.6 Å². The quantitative estimate of drug-likeness (QED) is 0.882. The number of halogens is 2. The standard InChI is InChI=1S/C13H10BrFN2O2/c1-19-11-4-3-9(6-10(11)15)17-13(18)8-2-5-12(14)16-7-8/h2-7H,1H3,(H,17,18). The number of carbonyl (C=O) groups excluding carboxylic acids is 1. The molecular formula is C13H10BrFN2O2. The number of pyridine rings is 1. The summed E-state index contributed by atoms with van der Waals surface area (Å²) in [6, 6.07) is 7.48. The first kappa shape index (κ1) is 13.5. The number of aromatic nitrogens is 1. The third-order valence-corrected chi connectivity index (χ3v) is 2.87. The number of nitrogens with zero attached hydrogens (tertiary/aromatic N) is 1. The fraction of sp³-hybridized carbons (Fsp3) is 0.0769. The maximum atomic E-state index is 13.5.